The van der Waals surface area contributed by atoms with E-state index < -0.39 is 5.82 Å². The maximum absolute atomic E-state index is 13.5. The van der Waals surface area contributed by atoms with Crippen LogP contribution in [0.3, 0.4) is 0 Å². The van der Waals surface area contributed by atoms with E-state index >= 15 is 0 Å². The molecular formula is C24H33ClFN5OS. The largest absolute Gasteiger partial charge is 0.383 e. The molecule has 2 aliphatic rings. The number of nitrogens with two attached hydrogens (primary N) is 1. The van der Waals surface area contributed by atoms with Gasteiger partial charge in [0.1, 0.15) is 17.2 Å². The van der Waals surface area contributed by atoms with Crippen LogP contribution in [0.15, 0.2) is 18.2 Å². The van der Waals surface area contributed by atoms with Gasteiger partial charge in [0, 0.05) is 29.9 Å². The van der Waals surface area contributed by atoms with Crippen LogP contribution in [0.4, 0.5) is 15.9 Å². The molecule has 2 fully saturated rings. The molecule has 2 aromatic rings. The first-order valence-corrected chi connectivity index (χ1v) is 12.9. The summed E-state index contributed by atoms with van der Waals surface area (Å²) in [4.78, 5) is 13.2. The number of hydrogen-bond donors (Lipinski definition) is 3. The van der Waals surface area contributed by atoms with Crippen LogP contribution < -0.4 is 15.8 Å². The molecule has 4 N–H and O–H groups in total. The Labute approximate surface area is 204 Å². The first-order chi connectivity index (χ1) is 15.7. The Morgan fingerprint density at radius 2 is 2.09 bits per heavy atom. The molecule has 180 valence electrons. The van der Waals surface area contributed by atoms with Gasteiger partial charge in [-0.05, 0) is 69.1 Å². The monoisotopic (exact) mass is 493 g/mol. The lowest BCUT2D eigenvalue weighted by Crippen LogP contribution is -2.17. The van der Waals surface area contributed by atoms with Crippen LogP contribution in [0.1, 0.15) is 74.3 Å². The summed E-state index contributed by atoms with van der Waals surface area (Å²) in [7, 11) is 1.76. The number of aromatic nitrogens is 2. The molecule has 0 bridgehead atoms. The summed E-state index contributed by atoms with van der Waals surface area (Å²) in [6, 6.07) is 4.11. The van der Waals surface area contributed by atoms with Gasteiger partial charge in [-0.25, -0.2) is 4.39 Å². The van der Waals surface area contributed by atoms with Gasteiger partial charge in [-0.2, -0.15) is 5.10 Å². The molecular weight excluding hydrogens is 461 g/mol. The molecule has 0 saturated heterocycles. The minimum atomic E-state index is -0.530. The number of amides is 1. The van der Waals surface area contributed by atoms with Crippen LogP contribution in [0.5, 0.6) is 0 Å². The van der Waals surface area contributed by atoms with Gasteiger partial charge >= 0.3 is 0 Å². The van der Waals surface area contributed by atoms with Crippen molar-refractivity contribution in [2.24, 2.45) is 18.9 Å². The van der Waals surface area contributed by atoms with Gasteiger partial charge in [-0.1, -0.05) is 36.9 Å². The second-order valence-electron chi connectivity index (χ2n) is 9.68. The van der Waals surface area contributed by atoms with Gasteiger partial charge in [0.25, 0.3) is 5.91 Å². The number of halogens is 2. The number of nitrogens with one attached hydrogen (secondary N) is 2. The average Bonchev–Trinajstić information content (AvgIpc) is 3.24. The Bertz CT molecular complexity index is 1020. The Morgan fingerprint density at radius 3 is 2.76 bits per heavy atom. The van der Waals surface area contributed by atoms with E-state index in [0.717, 1.165) is 37.9 Å². The SMILES string of the molecule is CCC1CC(c2nn(C)c(N)c2C(=O)Nc2ccc(F)c(Cl)c2)CC1CCNSC1(C)CC1. The average molecular weight is 494 g/mol. The molecule has 3 unspecified atom stereocenters. The zero-order valence-corrected chi connectivity index (χ0v) is 21.0. The first kappa shape index (κ1) is 24.4. The van der Waals surface area contributed by atoms with Crippen molar-refractivity contribution in [3.05, 3.63) is 40.3 Å². The Morgan fingerprint density at radius 1 is 1.36 bits per heavy atom. The third kappa shape index (κ3) is 5.49. The lowest BCUT2D eigenvalue weighted by molar-refractivity contribution is 0.102. The number of carbonyl (C=O) groups is 1. The third-order valence-corrected chi connectivity index (χ3v) is 8.70. The molecule has 33 heavy (non-hydrogen) atoms. The minimum absolute atomic E-state index is 0.0425. The highest BCUT2D eigenvalue weighted by molar-refractivity contribution is 7.99. The fourth-order valence-electron chi connectivity index (χ4n) is 4.88. The van der Waals surface area contributed by atoms with E-state index in [-0.39, 0.29) is 16.8 Å². The number of nitrogens with zero attached hydrogens (tertiary/aromatic N) is 2. The van der Waals surface area contributed by atoms with Crippen molar-refractivity contribution in [1.82, 2.24) is 14.5 Å². The fourth-order valence-corrected chi connectivity index (χ4v) is 5.94. The van der Waals surface area contributed by atoms with Gasteiger partial charge in [-0.3, -0.25) is 14.2 Å². The van der Waals surface area contributed by atoms with Crippen LogP contribution in [0, 0.1) is 17.7 Å². The molecule has 0 radical (unpaired) electrons. The number of hydrogen-bond acceptors (Lipinski definition) is 5. The number of rotatable bonds is 9. The van der Waals surface area contributed by atoms with Gasteiger partial charge in [0.2, 0.25) is 0 Å². The molecule has 2 aliphatic carbocycles. The minimum Gasteiger partial charge on any atom is -0.383 e. The van der Waals surface area contributed by atoms with Gasteiger partial charge in [0.05, 0.1) is 10.7 Å². The lowest BCUT2D eigenvalue weighted by Gasteiger charge is -2.18. The lowest BCUT2D eigenvalue weighted by atomic mass is 9.91. The summed E-state index contributed by atoms with van der Waals surface area (Å²) in [5.41, 5.74) is 7.86. The topological polar surface area (TPSA) is 85.0 Å². The number of carbonyl (C=O) groups excluding carboxylic acids is 1. The van der Waals surface area contributed by atoms with Crippen LogP contribution >= 0.6 is 23.5 Å². The molecule has 1 amide bonds. The molecule has 6 nitrogen and oxygen atoms in total. The normalized spacial score (nSPS) is 23.6. The number of aryl methyl sites for hydroxylation is 1. The molecule has 9 heteroatoms. The zero-order chi connectivity index (χ0) is 23.8. The molecule has 1 aromatic carbocycles. The van der Waals surface area contributed by atoms with Crippen LogP contribution in [0.25, 0.3) is 0 Å². The summed E-state index contributed by atoms with van der Waals surface area (Å²) < 4.78 is 19.1. The highest BCUT2D eigenvalue weighted by Gasteiger charge is 2.39. The van der Waals surface area contributed by atoms with Crippen molar-refractivity contribution in [2.45, 2.75) is 63.0 Å². The van der Waals surface area contributed by atoms with E-state index in [9.17, 15) is 9.18 Å². The third-order valence-electron chi connectivity index (χ3n) is 7.17. The second-order valence-corrected chi connectivity index (χ2v) is 11.6. The Kier molecular flexibility index (Phi) is 7.26. The summed E-state index contributed by atoms with van der Waals surface area (Å²) in [6.07, 6.45) is 6.83. The number of anilines is 2. The van der Waals surface area contributed by atoms with Crippen molar-refractivity contribution < 1.29 is 9.18 Å². The Hall–Kier alpha value is -1.77. The standard InChI is InChI=1S/C24H33ClFN5OS/c1-4-14-11-16(12-15(14)7-10-28-33-24(2)8-9-24)21-20(22(27)31(3)30-21)23(32)29-17-5-6-19(26)18(25)13-17/h5-6,13-16,28H,4,7-12,27H2,1-3H3,(H,29,32). The van der Waals surface area contributed by atoms with Gasteiger partial charge in [0.15, 0.2) is 0 Å². The molecule has 1 heterocycles. The van der Waals surface area contributed by atoms with Gasteiger partial charge < -0.3 is 11.1 Å². The molecule has 3 atom stereocenters. The van der Waals surface area contributed by atoms with E-state index in [2.05, 4.69) is 29.0 Å². The zero-order valence-electron chi connectivity index (χ0n) is 19.5. The smallest absolute Gasteiger partial charge is 0.261 e. The van der Waals surface area contributed by atoms with Crippen LogP contribution in [0.2, 0.25) is 5.02 Å². The van der Waals surface area contributed by atoms with Crippen LogP contribution in [-0.2, 0) is 7.05 Å². The van der Waals surface area contributed by atoms with Crippen molar-refractivity contribution in [3.63, 3.8) is 0 Å². The quantitative estimate of drug-likeness (QED) is 0.306. The Balaban J connectivity index is 1.46. The van der Waals surface area contributed by atoms with Crippen molar-refractivity contribution in [3.8, 4) is 0 Å². The highest BCUT2D eigenvalue weighted by Crippen LogP contribution is 2.48. The van der Waals surface area contributed by atoms with E-state index in [4.69, 9.17) is 17.3 Å². The summed E-state index contributed by atoms with van der Waals surface area (Å²) in [5, 5.41) is 7.42. The first-order valence-electron chi connectivity index (χ1n) is 11.7. The summed E-state index contributed by atoms with van der Waals surface area (Å²) in [6.45, 7) is 5.55. The predicted octanol–water partition coefficient (Wildman–Crippen LogP) is 5.75. The fraction of sp³-hybridized carbons (Fsp3) is 0.583. The van der Waals surface area contributed by atoms with E-state index in [1.54, 1.807) is 11.7 Å². The molecule has 4 rings (SSSR count). The van der Waals surface area contributed by atoms with E-state index in [1.807, 2.05) is 11.9 Å². The van der Waals surface area contributed by atoms with E-state index in [0.29, 0.717) is 33.7 Å². The molecule has 1 aromatic heterocycles. The molecule has 2 saturated carbocycles. The molecule has 0 aliphatic heterocycles. The van der Waals surface area contributed by atoms with Crippen LogP contribution in [-0.4, -0.2) is 27.0 Å². The second kappa shape index (κ2) is 9.84. The highest BCUT2D eigenvalue weighted by atomic mass is 35.5. The summed E-state index contributed by atoms with van der Waals surface area (Å²) >= 11 is 7.75. The maximum Gasteiger partial charge on any atom is 0.261 e. The van der Waals surface area contributed by atoms with Crippen molar-refractivity contribution >= 4 is 41.0 Å². The predicted molar refractivity (Wildman–Crippen MR) is 134 cm³/mol. The number of nitrogen functional groups attached to an aromatic ring is 1. The molecule has 0 spiro atoms. The van der Waals surface area contributed by atoms with Crippen molar-refractivity contribution in [1.29, 1.82) is 0 Å². The number of benzene rings is 1. The van der Waals surface area contributed by atoms with Crippen molar-refractivity contribution in [2.75, 3.05) is 17.6 Å². The summed E-state index contributed by atoms with van der Waals surface area (Å²) in [5.74, 6) is 0.851. The maximum atomic E-state index is 13.5. The van der Waals surface area contributed by atoms with E-state index in [1.165, 1.54) is 31.0 Å². The van der Waals surface area contributed by atoms with Gasteiger partial charge in [-0.15, -0.1) is 0 Å².